The number of benzene rings is 1. The van der Waals surface area contributed by atoms with E-state index in [2.05, 4.69) is 32.2 Å². The maximum Gasteiger partial charge on any atom is 0.261 e. The van der Waals surface area contributed by atoms with Crippen molar-refractivity contribution in [3.63, 3.8) is 0 Å². The Morgan fingerprint density at radius 1 is 1.00 bits per heavy atom. The lowest BCUT2D eigenvalue weighted by Gasteiger charge is -2.38. The molecule has 30 heavy (non-hydrogen) atoms. The van der Waals surface area contributed by atoms with Crippen LogP contribution in [0.1, 0.15) is 51.0 Å². The monoisotopic (exact) mass is 409 g/mol. The molecule has 7 heteroatoms. The number of aromatic nitrogens is 2. The van der Waals surface area contributed by atoms with E-state index in [1.54, 1.807) is 6.33 Å². The first-order valence-corrected chi connectivity index (χ1v) is 11.4. The van der Waals surface area contributed by atoms with E-state index >= 15 is 0 Å². The van der Waals surface area contributed by atoms with E-state index in [1.807, 2.05) is 10.6 Å². The molecule has 7 nitrogen and oxygen atoms in total. The molecule has 1 atom stereocenters. The lowest BCUT2D eigenvalue weighted by atomic mass is 10.0. The summed E-state index contributed by atoms with van der Waals surface area (Å²) in [5.74, 6) is 0.195. The van der Waals surface area contributed by atoms with E-state index < -0.39 is 0 Å². The second-order valence-corrected chi connectivity index (χ2v) is 9.04. The van der Waals surface area contributed by atoms with E-state index in [1.165, 1.54) is 12.8 Å². The van der Waals surface area contributed by atoms with Crippen LogP contribution in [0, 0.1) is 0 Å². The van der Waals surface area contributed by atoms with Gasteiger partial charge in [-0.2, -0.15) is 0 Å². The molecule has 0 radical (unpaired) electrons. The predicted molar refractivity (Wildman–Crippen MR) is 118 cm³/mol. The van der Waals surface area contributed by atoms with Crippen molar-refractivity contribution < 1.29 is 4.79 Å². The number of nitrogens with zero attached hydrogens (tertiary/aromatic N) is 4. The Bertz CT molecular complexity index is 973. The molecule has 3 heterocycles. The first-order valence-electron chi connectivity index (χ1n) is 11.4. The largest absolute Gasteiger partial charge is 0.369 e. The van der Waals surface area contributed by atoms with Gasteiger partial charge in [-0.05, 0) is 43.9 Å². The Kier molecular flexibility index (Phi) is 5.46. The molecule has 3 aliphatic rings. The molecule has 1 unspecified atom stereocenters. The third kappa shape index (κ3) is 3.95. The minimum Gasteiger partial charge on any atom is -0.369 e. The van der Waals surface area contributed by atoms with Gasteiger partial charge in [-0.15, -0.1) is 0 Å². The third-order valence-electron chi connectivity index (χ3n) is 7.02. The molecule has 2 saturated heterocycles. The SMILES string of the molecule is O=C1CCCC(CN2CCN(c3ccc4c(=O)n(C5CCCC5)cnc4c3)CC2)N1. The van der Waals surface area contributed by atoms with Crippen LogP contribution in [0.3, 0.4) is 0 Å². The number of carbonyl (C=O) groups excluding carboxylic acids is 1. The molecular formula is C23H31N5O2. The first-order chi connectivity index (χ1) is 14.7. The maximum atomic E-state index is 12.9. The summed E-state index contributed by atoms with van der Waals surface area (Å²) in [6, 6.07) is 6.70. The lowest BCUT2D eigenvalue weighted by molar-refractivity contribution is -0.123. The highest BCUT2D eigenvalue weighted by Crippen LogP contribution is 2.28. The summed E-state index contributed by atoms with van der Waals surface area (Å²) in [7, 11) is 0. The van der Waals surface area contributed by atoms with Crippen molar-refractivity contribution in [1.82, 2.24) is 19.8 Å². The van der Waals surface area contributed by atoms with Gasteiger partial charge >= 0.3 is 0 Å². The van der Waals surface area contributed by atoms with Crippen molar-refractivity contribution >= 4 is 22.5 Å². The molecule has 1 amide bonds. The second kappa shape index (κ2) is 8.38. The highest BCUT2D eigenvalue weighted by Gasteiger charge is 2.24. The Morgan fingerprint density at radius 3 is 2.57 bits per heavy atom. The predicted octanol–water partition coefficient (Wildman–Crippen LogP) is 2.30. The van der Waals surface area contributed by atoms with Crippen LogP contribution in [-0.2, 0) is 4.79 Å². The van der Waals surface area contributed by atoms with Gasteiger partial charge in [0.2, 0.25) is 5.91 Å². The Morgan fingerprint density at radius 2 is 1.80 bits per heavy atom. The number of nitrogens with one attached hydrogen (secondary N) is 1. The summed E-state index contributed by atoms with van der Waals surface area (Å²) in [5, 5.41) is 3.84. The average molecular weight is 410 g/mol. The molecule has 1 N–H and O–H groups in total. The number of piperidine rings is 1. The highest BCUT2D eigenvalue weighted by atomic mass is 16.1. The van der Waals surface area contributed by atoms with Crippen molar-refractivity contribution in [3.8, 4) is 0 Å². The van der Waals surface area contributed by atoms with E-state index in [0.717, 1.165) is 75.0 Å². The van der Waals surface area contributed by atoms with Crippen LogP contribution in [0.15, 0.2) is 29.3 Å². The highest BCUT2D eigenvalue weighted by molar-refractivity contribution is 5.81. The first kappa shape index (κ1) is 19.5. The molecule has 0 spiro atoms. The van der Waals surface area contributed by atoms with E-state index in [4.69, 9.17) is 0 Å². The zero-order valence-electron chi connectivity index (χ0n) is 17.6. The molecule has 1 aliphatic carbocycles. The van der Waals surface area contributed by atoms with Crippen molar-refractivity contribution in [2.24, 2.45) is 0 Å². The standard InChI is InChI=1S/C23H31N5O2/c29-22-7-3-4-17(25-22)15-26-10-12-27(13-11-26)19-8-9-20-21(14-19)24-16-28(23(20)30)18-5-1-2-6-18/h8-9,14,16-18H,1-7,10-13,15H2,(H,25,29). The number of anilines is 1. The van der Waals surface area contributed by atoms with Gasteiger partial charge in [-0.3, -0.25) is 19.1 Å². The molecule has 1 aromatic heterocycles. The maximum absolute atomic E-state index is 12.9. The van der Waals surface area contributed by atoms with Crippen LogP contribution in [0.2, 0.25) is 0 Å². The summed E-state index contributed by atoms with van der Waals surface area (Å²) in [6.45, 7) is 4.82. The van der Waals surface area contributed by atoms with Crippen molar-refractivity contribution in [2.75, 3.05) is 37.6 Å². The molecule has 0 bridgehead atoms. The average Bonchev–Trinajstić information content (AvgIpc) is 3.29. The van der Waals surface area contributed by atoms with Gasteiger partial charge in [0.25, 0.3) is 5.56 Å². The van der Waals surface area contributed by atoms with Crippen LogP contribution in [0.4, 0.5) is 5.69 Å². The molecule has 5 rings (SSSR count). The van der Waals surface area contributed by atoms with E-state index in [0.29, 0.717) is 18.5 Å². The fraction of sp³-hybridized carbons (Fsp3) is 0.609. The van der Waals surface area contributed by atoms with Gasteiger partial charge < -0.3 is 10.2 Å². The summed E-state index contributed by atoms with van der Waals surface area (Å²) in [5.41, 5.74) is 2.02. The summed E-state index contributed by atoms with van der Waals surface area (Å²) >= 11 is 0. The van der Waals surface area contributed by atoms with Gasteiger partial charge in [-0.25, -0.2) is 4.98 Å². The molecule has 1 saturated carbocycles. The zero-order chi connectivity index (χ0) is 20.5. The van der Waals surface area contributed by atoms with Gasteiger partial charge in [0, 0.05) is 56.9 Å². The van der Waals surface area contributed by atoms with E-state index in [-0.39, 0.29) is 11.5 Å². The lowest BCUT2D eigenvalue weighted by Crippen LogP contribution is -2.52. The molecule has 2 aromatic rings. The summed E-state index contributed by atoms with van der Waals surface area (Å²) in [4.78, 5) is 34.0. The summed E-state index contributed by atoms with van der Waals surface area (Å²) < 4.78 is 1.85. The van der Waals surface area contributed by atoms with Crippen LogP contribution < -0.4 is 15.8 Å². The van der Waals surface area contributed by atoms with Crippen LogP contribution in [-0.4, -0.2) is 59.1 Å². The molecular weight excluding hydrogens is 378 g/mol. The molecule has 3 fully saturated rings. The normalized spacial score (nSPS) is 23.8. The quantitative estimate of drug-likeness (QED) is 0.839. The van der Waals surface area contributed by atoms with Crippen LogP contribution in [0.5, 0.6) is 0 Å². The molecule has 160 valence electrons. The van der Waals surface area contributed by atoms with Gasteiger partial charge in [-0.1, -0.05) is 12.8 Å². The molecule has 1 aromatic carbocycles. The fourth-order valence-electron chi connectivity index (χ4n) is 5.28. The van der Waals surface area contributed by atoms with Crippen LogP contribution in [0.25, 0.3) is 10.9 Å². The van der Waals surface area contributed by atoms with Gasteiger partial charge in [0.1, 0.15) is 0 Å². The number of fused-ring (bicyclic) bond motifs is 1. The number of rotatable bonds is 4. The Hall–Kier alpha value is -2.41. The Balaban J connectivity index is 1.25. The number of piperazine rings is 1. The zero-order valence-corrected chi connectivity index (χ0v) is 17.6. The molecule has 2 aliphatic heterocycles. The van der Waals surface area contributed by atoms with E-state index in [9.17, 15) is 9.59 Å². The number of hydrogen-bond donors (Lipinski definition) is 1. The van der Waals surface area contributed by atoms with Crippen molar-refractivity contribution in [2.45, 2.75) is 57.0 Å². The number of hydrogen-bond acceptors (Lipinski definition) is 5. The van der Waals surface area contributed by atoms with Gasteiger partial charge in [0.05, 0.1) is 17.2 Å². The van der Waals surface area contributed by atoms with Crippen molar-refractivity contribution in [3.05, 3.63) is 34.9 Å². The topological polar surface area (TPSA) is 70.5 Å². The Labute approximate surface area is 177 Å². The van der Waals surface area contributed by atoms with Gasteiger partial charge in [0.15, 0.2) is 0 Å². The number of amides is 1. The second-order valence-electron chi connectivity index (χ2n) is 9.04. The number of carbonyl (C=O) groups is 1. The minimum atomic E-state index is 0.0952. The third-order valence-corrected chi connectivity index (χ3v) is 7.02. The minimum absolute atomic E-state index is 0.0952. The van der Waals surface area contributed by atoms with Crippen molar-refractivity contribution in [1.29, 1.82) is 0 Å². The summed E-state index contributed by atoms with van der Waals surface area (Å²) in [6.07, 6.45) is 9.08. The smallest absolute Gasteiger partial charge is 0.261 e. The van der Waals surface area contributed by atoms with Crippen LogP contribution >= 0.6 is 0 Å². The fourth-order valence-corrected chi connectivity index (χ4v) is 5.28.